The Morgan fingerprint density at radius 3 is 2.38 bits per heavy atom. The molecule has 29 heavy (non-hydrogen) atoms. The van der Waals surface area contributed by atoms with E-state index in [1.807, 2.05) is 42.5 Å². The predicted octanol–water partition coefficient (Wildman–Crippen LogP) is 3.26. The number of carbonyl (C=O) groups is 1. The van der Waals surface area contributed by atoms with E-state index in [0.717, 1.165) is 5.56 Å². The third-order valence-electron chi connectivity index (χ3n) is 4.07. The third-order valence-corrected chi connectivity index (χ3v) is 4.07. The van der Waals surface area contributed by atoms with Gasteiger partial charge in [-0.2, -0.15) is 9.97 Å². The minimum Gasteiger partial charge on any atom is -0.290 e. The first-order valence-electron chi connectivity index (χ1n) is 8.94. The number of benzene rings is 1. The Balaban J connectivity index is 1.68. The summed E-state index contributed by atoms with van der Waals surface area (Å²) >= 11 is 0. The van der Waals surface area contributed by atoms with Gasteiger partial charge in [0, 0.05) is 18.0 Å². The Labute approximate surface area is 167 Å². The highest BCUT2D eigenvalue weighted by Gasteiger charge is 2.17. The van der Waals surface area contributed by atoms with Crippen molar-refractivity contribution in [2.24, 2.45) is 0 Å². The molecule has 0 fully saturated rings. The molecule has 0 bridgehead atoms. The van der Waals surface area contributed by atoms with Gasteiger partial charge in [-0.1, -0.05) is 36.4 Å². The zero-order valence-corrected chi connectivity index (χ0v) is 15.9. The van der Waals surface area contributed by atoms with Crippen LogP contribution < -0.4 is 5.32 Å². The smallest absolute Gasteiger partial charge is 0.261 e. The molecule has 1 N–H and O–H groups in total. The van der Waals surface area contributed by atoms with Gasteiger partial charge in [0.2, 0.25) is 5.95 Å². The van der Waals surface area contributed by atoms with Crippen molar-refractivity contribution in [3.05, 3.63) is 78.1 Å². The number of nitrogens with one attached hydrogen (secondary N) is 1. The molecule has 4 aromatic rings. The van der Waals surface area contributed by atoms with E-state index >= 15 is 0 Å². The molecule has 4 rings (SSSR count). The number of carbonyl (C=O) groups excluding carboxylic acids is 1. The van der Waals surface area contributed by atoms with Gasteiger partial charge in [-0.25, -0.2) is 15.0 Å². The summed E-state index contributed by atoms with van der Waals surface area (Å²) in [5.41, 5.74) is 2.30. The molecule has 142 valence electrons. The lowest BCUT2D eigenvalue weighted by Gasteiger charge is -2.10. The molecule has 0 aliphatic heterocycles. The summed E-state index contributed by atoms with van der Waals surface area (Å²) in [7, 11) is 0. The van der Waals surface area contributed by atoms with Gasteiger partial charge in [0.1, 0.15) is 17.3 Å². The molecule has 1 aromatic carbocycles. The summed E-state index contributed by atoms with van der Waals surface area (Å²) in [6, 6.07) is 14.9. The monoisotopic (exact) mass is 383 g/mol. The summed E-state index contributed by atoms with van der Waals surface area (Å²) in [6.45, 7) is 3.51. The van der Waals surface area contributed by atoms with Crippen molar-refractivity contribution < 1.29 is 4.79 Å². The number of aryl methyl sites for hydroxylation is 2. The van der Waals surface area contributed by atoms with Crippen LogP contribution in [-0.2, 0) is 0 Å². The molecule has 0 aliphatic carbocycles. The van der Waals surface area contributed by atoms with Crippen molar-refractivity contribution in [2.45, 2.75) is 13.8 Å². The average molecular weight is 383 g/mol. The molecule has 3 aromatic heterocycles. The summed E-state index contributed by atoms with van der Waals surface area (Å²) < 4.78 is 0. The van der Waals surface area contributed by atoms with E-state index in [4.69, 9.17) is 0 Å². The normalized spacial score (nSPS) is 10.6. The number of anilines is 1. The molecule has 0 atom stereocenters. The summed E-state index contributed by atoms with van der Waals surface area (Å²) in [5.74, 6) is 1.18. The fourth-order valence-corrected chi connectivity index (χ4v) is 2.77. The van der Waals surface area contributed by atoms with Gasteiger partial charge < -0.3 is 0 Å². The largest absolute Gasteiger partial charge is 0.290 e. The van der Waals surface area contributed by atoms with Crippen molar-refractivity contribution in [3.63, 3.8) is 0 Å². The first-order chi connectivity index (χ1) is 14.1. The SMILES string of the molecule is Cc1nc(NC(=O)c2cnc(C)nc2-c2ccccc2)nc(-c2ccccn2)n1. The minimum atomic E-state index is -0.401. The second-order valence-corrected chi connectivity index (χ2v) is 6.24. The zero-order valence-electron chi connectivity index (χ0n) is 15.9. The topological polar surface area (TPSA) is 106 Å². The maximum Gasteiger partial charge on any atom is 0.261 e. The van der Waals surface area contributed by atoms with Crippen molar-refractivity contribution in [1.29, 1.82) is 0 Å². The molecular weight excluding hydrogens is 366 g/mol. The Morgan fingerprint density at radius 1 is 0.828 bits per heavy atom. The van der Waals surface area contributed by atoms with Gasteiger partial charge >= 0.3 is 0 Å². The molecule has 0 aliphatic rings. The Bertz CT molecular complexity index is 1160. The molecule has 8 nitrogen and oxygen atoms in total. The Morgan fingerprint density at radius 2 is 1.62 bits per heavy atom. The van der Waals surface area contributed by atoms with Crippen LogP contribution in [0.4, 0.5) is 5.95 Å². The van der Waals surface area contributed by atoms with E-state index in [2.05, 4.69) is 35.2 Å². The van der Waals surface area contributed by atoms with Crippen molar-refractivity contribution in [2.75, 3.05) is 5.32 Å². The van der Waals surface area contributed by atoms with Crippen molar-refractivity contribution >= 4 is 11.9 Å². The fraction of sp³-hybridized carbons (Fsp3) is 0.0952. The van der Waals surface area contributed by atoms with Crippen LogP contribution in [0.5, 0.6) is 0 Å². The van der Waals surface area contributed by atoms with Gasteiger partial charge in [-0.3, -0.25) is 15.1 Å². The van der Waals surface area contributed by atoms with Crippen LogP contribution in [0, 0.1) is 13.8 Å². The molecule has 0 unspecified atom stereocenters. The average Bonchev–Trinajstić information content (AvgIpc) is 2.74. The number of pyridine rings is 1. The van der Waals surface area contributed by atoms with E-state index in [0.29, 0.717) is 34.4 Å². The highest BCUT2D eigenvalue weighted by atomic mass is 16.1. The standard InChI is InChI=1S/C21H17N7O/c1-13-23-12-16(18(24-13)15-8-4-3-5-9-15)20(29)28-21-26-14(2)25-19(27-21)17-10-6-7-11-22-17/h3-12H,1-2H3,(H,25,26,27,28,29). The number of hydrogen-bond acceptors (Lipinski definition) is 7. The molecule has 0 spiro atoms. The first-order valence-corrected chi connectivity index (χ1v) is 8.94. The van der Waals surface area contributed by atoms with Gasteiger partial charge in [0.25, 0.3) is 5.91 Å². The molecule has 8 heteroatoms. The molecular formula is C21H17N7O. The molecule has 0 saturated heterocycles. The van der Waals surface area contributed by atoms with Crippen molar-refractivity contribution in [3.8, 4) is 22.8 Å². The molecule has 1 amide bonds. The molecule has 0 radical (unpaired) electrons. The van der Waals surface area contributed by atoms with Gasteiger partial charge in [-0.05, 0) is 26.0 Å². The lowest BCUT2D eigenvalue weighted by Crippen LogP contribution is -2.17. The van der Waals surface area contributed by atoms with Gasteiger partial charge in [-0.15, -0.1) is 0 Å². The Kier molecular flexibility index (Phi) is 4.98. The Hall–Kier alpha value is -4.07. The minimum absolute atomic E-state index is 0.141. The number of hydrogen-bond donors (Lipinski definition) is 1. The first kappa shape index (κ1) is 18.3. The van der Waals surface area contributed by atoms with E-state index in [9.17, 15) is 4.79 Å². The second kappa shape index (κ2) is 7.89. The van der Waals surface area contributed by atoms with Crippen LogP contribution in [0.2, 0.25) is 0 Å². The summed E-state index contributed by atoms with van der Waals surface area (Å²) in [5, 5.41) is 2.73. The maximum absolute atomic E-state index is 13.0. The van der Waals surface area contributed by atoms with Crippen LogP contribution in [0.1, 0.15) is 22.0 Å². The third kappa shape index (κ3) is 4.11. The number of nitrogens with zero attached hydrogens (tertiary/aromatic N) is 6. The molecule has 3 heterocycles. The van der Waals surface area contributed by atoms with Crippen molar-refractivity contribution in [1.82, 2.24) is 29.9 Å². The van der Waals surface area contributed by atoms with Crippen LogP contribution >= 0.6 is 0 Å². The van der Waals surface area contributed by atoms with E-state index < -0.39 is 5.91 Å². The fourth-order valence-electron chi connectivity index (χ4n) is 2.77. The van der Waals surface area contributed by atoms with Gasteiger partial charge in [0.05, 0.1) is 11.3 Å². The highest BCUT2D eigenvalue weighted by molar-refractivity contribution is 6.07. The number of rotatable bonds is 4. The van der Waals surface area contributed by atoms with Crippen LogP contribution in [0.3, 0.4) is 0 Å². The van der Waals surface area contributed by atoms with Gasteiger partial charge in [0.15, 0.2) is 5.82 Å². The number of amides is 1. The second-order valence-electron chi connectivity index (χ2n) is 6.24. The summed E-state index contributed by atoms with van der Waals surface area (Å²) in [6.07, 6.45) is 3.16. The van der Waals surface area contributed by atoms with E-state index in [1.165, 1.54) is 6.20 Å². The summed E-state index contributed by atoms with van der Waals surface area (Å²) in [4.78, 5) is 38.7. The van der Waals surface area contributed by atoms with E-state index in [1.54, 1.807) is 26.1 Å². The van der Waals surface area contributed by atoms with Crippen LogP contribution in [0.15, 0.2) is 60.9 Å². The highest BCUT2D eigenvalue weighted by Crippen LogP contribution is 2.22. The van der Waals surface area contributed by atoms with E-state index in [-0.39, 0.29) is 5.95 Å². The lowest BCUT2D eigenvalue weighted by molar-refractivity contribution is 0.102. The maximum atomic E-state index is 13.0. The molecule has 0 saturated carbocycles. The van der Waals surface area contributed by atoms with Crippen LogP contribution in [0.25, 0.3) is 22.8 Å². The predicted molar refractivity (Wildman–Crippen MR) is 108 cm³/mol. The zero-order chi connectivity index (χ0) is 20.2. The van der Waals surface area contributed by atoms with Crippen LogP contribution in [-0.4, -0.2) is 35.8 Å². The quantitative estimate of drug-likeness (QED) is 0.576. The number of aromatic nitrogens is 6. The lowest BCUT2D eigenvalue weighted by atomic mass is 10.1.